The number of carbonyl (C=O) groups excluding carboxylic acids is 1. The average Bonchev–Trinajstić information content (AvgIpc) is 2.10. The van der Waals surface area contributed by atoms with Gasteiger partial charge in [0.1, 0.15) is 6.04 Å². The van der Waals surface area contributed by atoms with Crippen LogP contribution in [0.3, 0.4) is 0 Å². The third kappa shape index (κ3) is 6.91. The monoisotopic (exact) mass is 190 g/mol. The molecule has 0 bridgehead atoms. The number of ether oxygens (including phenoxy) is 1. The summed E-state index contributed by atoms with van der Waals surface area (Å²) in [5, 5.41) is 11.4. The van der Waals surface area contributed by atoms with Crippen molar-refractivity contribution >= 4 is 18.7 Å². The van der Waals surface area contributed by atoms with Gasteiger partial charge in [-0.05, 0) is 0 Å². The highest BCUT2D eigenvalue weighted by atomic mass is 16.7. The second-order valence-electron chi connectivity index (χ2n) is 1.97. The number of hydrogen-bond acceptors (Lipinski definition) is 6. The van der Waals surface area contributed by atoms with Crippen LogP contribution < -0.4 is 5.73 Å². The van der Waals surface area contributed by atoms with Gasteiger partial charge in [0, 0.05) is 0 Å². The van der Waals surface area contributed by atoms with E-state index in [1.165, 1.54) is 6.21 Å². The molecule has 0 saturated carbocycles. The van der Waals surface area contributed by atoms with E-state index in [4.69, 9.17) is 15.6 Å². The van der Waals surface area contributed by atoms with E-state index in [0.29, 0.717) is 0 Å². The van der Waals surface area contributed by atoms with Gasteiger partial charge in [-0.1, -0.05) is 5.16 Å². The zero-order valence-corrected chi connectivity index (χ0v) is 6.75. The van der Waals surface area contributed by atoms with Gasteiger partial charge in [-0.15, -0.1) is 0 Å². The third-order valence-electron chi connectivity index (χ3n) is 0.985. The highest BCUT2D eigenvalue weighted by Gasteiger charge is 2.09. The van der Waals surface area contributed by atoms with Crippen molar-refractivity contribution in [1.82, 2.24) is 0 Å². The van der Waals surface area contributed by atoms with Crippen LogP contribution >= 0.6 is 0 Å². The predicted octanol–water partition coefficient (Wildman–Crippen LogP) is -1.43. The molecule has 0 unspecified atom stereocenters. The van der Waals surface area contributed by atoms with E-state index in [1.54, 1.807) is 0 Å². The second-order valence-corrected chi connectivity index (χ2v) is 1.97. The Hall–Kier alpha value is -1.47. The summed E-state index contributed by atoms with van der Waals surface area (Å²) in [7, 11) is 0. The van der Waals surface area contributed by atoms with Gasteiger partial charge >= 0.3 is 12.4 Å². The standard InChI is InChI=1S/C6H10N2O5/c7-5(6(10)11)3-12-2-1-8-13-4-9/h1,4-5H,2-3,7H2,(H,10,11)/t5-/m0/s1. The number of hydrogen-bond donors (Lipinski definition) is 2. The fraction of sp³-hybridized carbons (Fsp3) is 0.500. The molecule has 3 N–H and O–H groups in total. The van der Waals surface area contributed by atoms with Gasteiger partial charge in [0.15, 0.2) is 0 Å². The number of nitrogens with zero attached hydrogens (tertiary/aromatic N) is 1. The normalized spacial score (nSPS) is 12.7. The van der Waals surface area contributed by atoms with E-state index in [1.807, 2.05) is 0 Å². The molecule has 0 saturated heterocycles. The van der Waals surface area contributed by atoms with Crippen molar-refractivity contribution in [2.75, 3.05) is 13.2 Å². The largest absolute Gasteiger partial charge is 0.480 e. The molecule has 1 atom stereocenters. The molecule has 13 heavy (non-hydrogen) atoms. The Bertz CT molecular complexity index is 193. The van der Waals surface area contributed by atoms with Gasteiger partial charge in [-0.2, -0.15) is 0 Å². The first-order valence-electron chi connectivity index (χ1n) is 3.36. The number of carboxylic acid groups (broad SMARTS) is 1. The molecule has 0 aliphatic carbocycles. The molecule has 0 aromatic rings. The molecule has 0 heterocycles. The van der Waals surface area contributed by atoms with E-state index >= 15 is 0 Å². The number of rotatable bonds is 7. The summed E-state index contributed by atoms with van der Waals surface area (Å²) in [5.74, 6) is -1.14. The Kier molecular flexibility index (Phi) is 6.38. The van der Waals surface area contributed by atoms with Crippen molar-refractivity contribution in [3.05, 3.63) is 0 Å². The van der Waals surface area contributed by atoms with Crippen molar-refractivity contribution in [1.29, 1.82) is 0 Å². The van der Waals surface area contributed by atoms with Gasteiger partial charge in [0.25, 0.3) is 0 Å². The molecule has 0 radical (unpaired) electrons. The zero-order chi connectivity index (χ0) is 10.1. The third-order valence-corrected chi connectivity index (χ3v) is 0.985. The van der Waals surface area contributed by atoms with Crippen molar-refractivity contribution in [3.8, 4) is 0 Å². The van der Waals surface area contributed by atoms with E-state index in [2.05, 4.69) is 9.99 Å². The zero-order valence-electron chi connectivity index (χ0n) is 6.75. The van der Waals surface area contributed by atoms with Gasteiger partial charge < -0.3 is 20.4 Å². The maximum Gasteiger partial charge on any atom is 0.323 e. The lowest BCUT2D eigenvalue weighted by atomic mass is 10.3. The first-order valence-corrected chi connectivity index (χ1v) is 3.36. The van der Waals surface area contributed by atoms with Crippen LogP contribution in [0.4, 0.5) is 0 Å². The molecule has 0 aromatic heterocycles. The average molecular weight is 190 g/mol. The van der Waals surface area contributed by atoms with Crippen LogP contribution in [0.1, 0.15) is 0 Å². The van der Waals surface area contributed by atoms with Crippen molar-refractivity contribution < 1.29 is 24.3 Å². The van der Waals surface area contributed by atoms with E-state index in [-0.39, 0.29) is 19.7 Å². The summed E-state index contributed by atoms with van der Waals surface area (Å²) in [6, 6.07) is -1.06. The second kappa shape index (κ2) is 7.19. The first-order chi connectivity index (χ1) is 6.18. The van der Waals surface area contributed by atoms with Crippen molar-refractivity contribution in [2.45, 2.75) is 6.04 Å². The Morgan fingerprint density at radius 3 is 2.92 bits per heavy atom. The molecule has 7 nitrogen and oxygen atoms in total. The summed E-state index contributed by atoms with van der Waals surface area (Å²) >= 11 is 0. The predicted molar refractivity (Wildman–Crippen MR) is 42.1 cm³/mol. The smallest absolute Gasteiger partial charge is 0.323 e. The van der Waals surface area contributed by atoms with Gasteiger partial charge in [0.05, 0.1) is 19.4 Å². The van der Waals surface area contributed by atoms with Crippen LogP contribution in [0.2, 0.25) is 0 Å². The minimum Gasteiger partial charge on any atom is -0.480 e. The molecule has 0 fully saturated rings. The molecule has 74 valence electrons. The van der Waals surface area contributed by atoms with Crippen LogP contribution in [0.5, 0.6) is 0 Å². The Morgan fingerprint density at radius 2 is 2.38 bits per heavy atom. The lowest BCUT2D eigenvalue weighted by Crippen LogP contribution is -2.35. The van der Waals surface area contributed by atoms with Crippen LogP contribution in [0, 0.1) is 0 Å². The molecule has 0 rings (SSSR count). The fourth-order valence-corrected chi connectivity index (χ4v) is 0.417. The SMILES string of the molecule is N[C@@H](COCC=NOC=O)C(=O)O. The van der Waals surface area contributed by atoms with Crippen LogP contribution in [-0.4, -0.2) is 43.0 Å². The van der Waals surface area contributed by atoms with Crippen LogP contribution in [0.15, 0.2) is 5.16 Å². The van der Waals surface area contributed by atoms with Gasteiger partial charge in [-0.25, -0.2) is 0 Å². The Balaban J connectivity index is 3.34. The summed E-state index contributed by atoms with van der Waals surface area (Å²) in [6.07, 6.45) is 1.17. The molecular weight excluding hydrogens is 180 g/mol. The summed E-state index contributed by atoms with van der Waals surface area (Å²) in [6.45, 7) is 0.0662. The molecular formula is C6H10N2O5. The van der Waals surface area contributed by atoms with Crippen molar-refractivity contribution in [3.63, 3.8) is 0 Å². The number of carboxylic acids is 1. The minimum absolute atomic E-state index is 0.0365. The van der Waals surface area contributed by atoms with Crippen LogP contribution in [0.25, 0.3) is 0 Å². The maximum absolute atomic E-state index is 10.2. The molecule has 7 heteroatoms. The van der Waals surface area contributed by atoms with E-state index in [9.17, 15) is 9.59 Å². The molecule has 0 aromatic carbocycles. The molecule has 0 aliphatic rings. The summed E-state index contributed by atoms with van der Waals surface area (Å²) in [4.78, 5) is 23.7. The van der Waals surface area contributed by atoms with E-state index < -0.39 is 12.0 Å². The quantitative estimate of drug-likeness (QED) is 0.167. The number of aliphatic carboxylic acids is 1. The minimum atomic E-state index is -1.14. The van der Waals surface area contributed by atoms with Gasteiger partial charge in [-0.3, -0.25) is 9.59 Å². The Labute approximate surface area is 74.1 Å². The topological polar surface area (TPSA) is 111 Å². The lowest BCUT2D eigenvalue weighted by molar-refractivity contribution is -0.139. The highest BCUT2D eigenvalue weighted by molar-refractivity contribution is 5.73. The maximum atomic E-state index is 10.2. The van der Waals surface area contributed by atoms with Gasteiger partial charge in [0.2, 0.25) is 0 Å². The highest BCUT2D eigenvalue weighted by Crippen LogP contribution is 1.81. The Morgan fingerprint density at radius 1 is 1.69 bits per heavy atom. The molecule has 0 aliphatic heterocycles. The lowest BCUT2D eigenvalue weighted by Gasteiger charge is -2.04. The first kappa shape index (κ1) is 11.5. The van der Waals surface area contributed by atoms with E-state index in [0.717, 1.165) is 0 Å². The number of nitrogens with two attached hydrogens (primary N) is 1. The molecule has 0 spiro atoms. The molecule has 0 amide bonds. The fourth-order valence-electron chi connectivity index (χ4n) is 0.417. The van der Waals surface area contributed by atoms with Crippen LogP contribution in [-0.2, 0) is 19.2 Å². The summed E-state index contributed by atoms with van der Waals surface area (Å²) < 4.78 is 4.75. The number of oxime groups is 1. The van der Waals surface area contributed by atoms with Crippen molar-refractivity contribution in [2.24, 2.45) is 10.9 Å². The number of carbonyl (C=O) groups is 2. The summed E-state index contributed by atoms with van der Waals surface area (Å²) in [5.41, 5.74) is 5.10.